The van der Waals surface area contributed by atoms with Gasteiger partial charge >= 0.3 is 5.97 Å². The fourth-order valence-electron chi connectivity index (χ4n) is 2.45. The van der Waals surface area contributed by atoms with Crippen LogP contribution >= 0.6 is 11.3 Å². The Bertz CT molecular complexity index is 920. The van der Waals surface area contributed by atoms with Crippen LogP contribution in [0.15, 0.2) is 60.0 Å². The highest BCUT2D eigenvalue weighted by molar-refractivity contribution is 7.13. The molecule has 3 rings (SSSR count). The molecular weight excluding hydrogens is 360 g/mol. The number of hydrogen-bond acceptors (Lipinski definition) is 5. The summed E-state index contributed by atoms with van der Waals surface area (Å²) in [7, 11) is 1.65. The van der Waals surface area contributed by atoms with E-state index in [9.17, 15) is 9.59 Å². The molecule has 0 radical (unpaired) electrons. The van der Waals surface area contributed by atoms with E-state index in [2.05, 4.69) is 4.98 Å². The minimum Gasteiger partial charge on any atom is -0.455 e. The monoisotopic (exact) mass is 380 g/mol. The average molecular weight is 380 g/mol. The number of esters is 1. The Balaban J connectivity index is 1.52. The molecule has 0 aliphatic rings. The summed E-state index contributed by atoms with van der Waals surface area (Å²) in [6.07, 6.45) is 0.0463. The number of hydrogen-bond donors (Lipinski definition) is 0. The van der Waals surface area contributed by atoms with Gasteiger partial charge in [-0.3, -0.25) is 9.59 Å². The standard InChI is InChI=1S/C21H20N2O3S/c1-15-8-10-16(11-9-15)21-22-17(14-27-21)12-20(25)26-13-19(24)23(2)18-6-4-3-5-7-18/h3-11,14H,12-13H2,1-2H3. The Hall–Kier alpha value is -2.99. The molecule has 0 saturated carbocycles. The highest BCUT2D eigenvalue weighted by atomic mass is 32.1. The lowest BCUT2D eigenvalue weighted by Gasteiger charge is -2.16. The maximum Gasteiger partial charge on any atom is 0.312 e. The van der Waals surface area contributed by atoms with E-state index < -0.39 is 5.97 Å². The highest BCUT2D eigenvalue weighted by Gasteiger charge is 2.15. The van der Waals surface area contributed by atoms with E-state index in [1.807, 2.05) is 66.9 Å². The first kappa shape index (κ1) is 18.8. The number of rotatable bonds is 6. The Morgan fingerprint density at radius 2 is 1.78 bits per heavy atom. The number of aromatic nitrogens is 1. The molecule has 0 N–H and O–H groups in total. The minimum atomic E-state index is -0.467. The van der Waals surface area contributed by atoms with E-state index in [1.165, 1.54) is 21.8 Å². The van der Waals surface area contributed by atoms with E-state index >= 15 is 0 Å². The predicted molar refractivity (Wildman–Crippen MR) is 107 cm³/mol. The molecule has 0 aliphatic heterocycles. The second-order valence-electron chi connectivity index (χ2n) is 6.14. The van der Waals surface area contributed by atoms with Gasteiger partial charge in [-0.2, -0.15) is 0 Å². The molecule has 2 aromatic carbocycles. The third-order valence-electron chi connectivity index (χ3n) is 4.05. The lowest BCUT2D eigenvalue weighted by atomic mass is 10.2. The second kappa shape index (κ2) is 8.60. The van der Waals surface area contributed by atoms with Crippen molar-refractivity contribution in [3.05, 3.63) is 71.2 Å². The molecule has 0 aliphatic carbocycles. The van der Waals surface area contributed by atoms with E-state index in [-0.39, 0.29) is 18.9 Å². The lowest BCUT2D eigenvalue weighted by molar-refractivity contribution is -0.147. The zero-order valence-corrected chi connectivity index (χ0v) is 16.0. The van der Waals surface area contributed by atoms with Crippen molar-refractivity contribution in [2.24, 2.45) is 0 Å². The van der Waals surface area contributed by atoms with Crippen molar-refractivity contribution in [3.8, 4) is 10.6 Å². The largest absolute Gasteiger partial charge is 0.455 e. The van der Waals surface area contributed by atoms with Gasteiger partial charge in [0.25, 0.3) is 5.91 Å². The fourth-order valence-corrected chi connectivity index (χ4v) is 3.28. The van der Waals surface area contributed by atoms with Gasteiger partial charge in [0, 0.05) is 23.7 Å². The number of carbonyl (C=O) groups excluding carboxylic acids is 2. The first-order valence-corrected chi connectivity index (χ1v) is 9.39. The van der Waals surface area contributed by atoms with Crippen LogP contribution in [0.2, 0.25) is 0 Å². The average Bonchev–Trinajstić information content (AvgIpc) is 3.15. The van der Waals surface area contributed by atoms with Gasteiger partial charge < -0.3 is 9.64 Å². The number of para-hydroxylation sites is 1. The summed E-state index contributed by atoms with van der Waals surface area (Å²) in [5.74, 6) is -0.751. The molecule has 0 atom stereocenters. The van der Waals surface area contributed by atoms with E-state index in [4.69, 9.17) is 4.74 Å². The van der Waals surface area contributed by atoms with Crippen LogP contribution in [0.1, 0.15) is 11.3 Å². The molecule has 0 saturated heterocycles. The van der Waals surface area contributed by atoms with Gasteiger partial charge in [0.2, 0.25) is 0 Å². The maximum atomic E-state index is 12.2. The molecule has 1 amide bonds. The van der Waals surface area contributed by atoms with Crippen molar-refractivity contribution >= 4 is 28.9 Å². The summed E-state index contributed by atoms with van der Waals surface area (Å²) in [5.41, 5.74) is 3.60. The summed E-state index contributed by atoms with van der Waals surface area (Å²) in [6, 6.07) is 17.3. The normalized spacial score (nSPS) is 10.4. The molecule has 6 heteroatoms. The molecule has 0 bridgehead atoms. The van der Waals surface area contributed by atoms with Crippen molar-refractivity contribution in [2.75, 3.05) is 18.6 Å². The molecule has 1 aromatic heterocycles. The molecule has 0 fully saturated rings. The first-order valence-electron chi connectivity index (χ1n) is 8.51. The number of benzene rings is 2. The van der Waals surface area contributed by atoms with Gasteiger partial charge in [0.1, 0.15) is 5.01 Å². The van der Waals surface area contributed by atoms with Crippen LogP contribution in [-0.4, -0.2) is 30.5 Å². The van der Waals surface area contributed by atoms with Crippen LogP contribution in [0.4, 0.5) is 5.69 Å². The lowest BCUT2D eigenvalue weighted by Crippen LogP contribution is -2.31. The predicted octanol–water partition coefficient (Wildman–Crippen LogP) is 3.87. The number of anilines is 1. The highest BCUT2D eigenvalue weighted by Crippen LogP contribution is 2.24. The number of likely N-dealkylation sites (N-methyl/N-ethyl adjacent to an activating group) is 1. The molecule has 3 aromatic rings. The summed E-state index contributed by atoms with van der Waals surface area (Å²) >= 11 is 1.48. The Morgan fingerprint density at radius 1 is 1.07 bits per heavy atom. The van der Waals surface area contributed by atoms with Gasteiger partial charge in [0.05, 0.1) is 12.1 Å². The number of thiazole rings is 1. The summed E-state index contributed by atoms with van der Waals surface area (Å²) in [6.45, 7) is 1.74. The van der Waals surface area contributed by atoms with Crippen molar-refractivity contribution in [1.29, 1.82) is 0 Å². The van der Waals surface area contributed by atoms with Crippen LogP contribution in [0.5, 0.6) is 0 Å². The van der Waals surface area contributed by atoms with Crippen molar-refractivity contribution in [2.45, 2.75) is 13.3 Å². The zero-order chi connectivity index (χ0) is 19.2. The molecule has 138 valence electrons. The molecule has 0 spiro atoms. The van der Waals surface area contributed by atoms with E-state index in [1.54, 1.807) is 7.05 Å². The van der Waals surface area contributed by atoms with Crippen LogP contribution in [0.3, 0.4) is 0 Å². The molecule has 0 unspecified atom stereocenters. The SMILES string of the molecule is Cc1ccc(-c2nc(CC(=O)OCC(=O)N(C)c3ccccc3)cs2)cc1. The quantitative estimate of drug-likeness (QED) is 0.609. The Kier molecular flexibility index (Phi) is 5.98. The number of ether oxygens (including phenoxy) is 1. The smallest absolute Gasteiger partial charge is 0.312 e. The van der Waals surface area contributed by atoms with Crippen LogP contribution in [0.25, 0.3) is 10.6 Å². The van der Waals surface area contributed by atoms with Crippen molar-refractivity contribution in [3.63, 3.8) is 0 Å². The van der Waals surface area contributed by atoms with Gasteiger partial charge in [0.15, 0.2) is 6.61 Å². The van der Waals surface area contributed by atoms with E-state index in [0.717, 1.165) is 16.3 Å². The van der Waals surface area contributed by atoms with Gasteiger partial charge in [-0.05, 0) is 19.1 Å². The van der Waals surface area contributed by atoms with Gasteiger partial charge in [-0.25, -0.2) is 4.98 Å². The topological polar surface area (TPSA) is 59.5 Å². The van der Waals surface area contributed by atoms with Crippen molar-refractivity contribution in [1.82, 2.24) is 4.98 Å². The van der Waals surface area contributed by atoms with Crippen molar-refractivity contribution < 1.29 is 14.3 Å². The molecular formula is C21H20N2O3S. The maximum absolute atomic E-state index is 12.2. The third-order valence-corrected chi connectivity index (χ3v) is 4.99. The number of carbonyl (C=O) groups is 2. The summed E-state index contributed by atoms with van der Waals surface area (Å²) in [5, 5.41) is 2.70. The van der Waals surface area contributed by atoms with Crippen LogP contribution in [0, 0.1) is 6.92 Å². The second-order valence-corrected chi connectivity index (χ2v) is 6.99. The van der Waals surface area contributed by atoms with Gasteiger partial charge in [-0.15, -0.1) is 11.3 Å². The minimum absolute atomic E-state index is 0.0463. The van der Waals surface area contributed by atoms with Crippen LogP contribution < -0.4 is 4.90 Å². The Labute approximate surface area is 162 Å². The third kappa shape index (κ3) is 5.01. The Morgan fingerprint density at radius 3 is 2.48 bits per heavy atom. The first-order chi connectivity index (χ1) is 13.0. The van der Waals surface area contributed by atoms with E-state index in [0.29, 0.717) is 5.69 Å². The number of nitrogens with zero attached hydrogens (tertiary/aromatic N) is 2. The summed E-state index contributed by atoms with van der Waals surface area (Å²) < 4.78 is 5.12. The number of amides is 1. The molecule has 5 nitrogen and oxygen atoms in total. The fraction of sp³-hybridized carbons (Fsp3) is 0.190. The zero-order valence-electron chi connectivity index (χ0n) is 15.2. The molecule has 27 heavy (non-hydrogen) atoms. The van der Waals surface area contributed by atoms with Crippen LogP contribution in [-0.2, 0) is 20.7 Å². The van der Waals surface area contributed by atoms with Gasteiger partial charge in [-0.1, -0.05) is 48.0 Å². The summed E-state index contributed by atoms with van der Waals surface area (Å²) in [4.78, 5) is 30.1. The number of aryl methyl sites for hydroxylation is 1. The molecule has 1 heterocycles.